The number of carbonyl (C=O) groups excluding carboxylic acids is 2. The van der Waals surface area contributed by atoms with Crippen molar-refractivity contribution >= 4 is 40.9 Å². The van der Waals surface area contributed by atoms with Crippen LogP contribution in [0.1, 0.15) is 23.7 Å². The molecule has 180 valence electrons. The normalized spacial score (nSPS) is 18.6. The smallest absolute Gasteiger partial charge is 0.253 e. The first kappa shape index (κ1) is 24.0. The predicted octanol–water partition coefficient (Wildman–Crippen LogP) is 2.53. The number of hydrogen-bond acceptors (Lipinski definition) is 7. The van der Waals surface area contributed by atoms with Gasteiger partial charge >= 0.3 is 0 Å². The molecular formula is C24H30ClN7O2. The molecule has 2 N–H and O–H groups in total. The molecule has 0 bridgehead atoms. The average Bonchev–Trinajstić information content (AvgIpc) is 3.33. The lowest BCUT2D eigenvalue weighted by atomic mass is 10.1. The van der Waals surface area contributed by atoms with Crippen LogP contribution in [0.4, 0.5) is 17.5 Å². The molecule has 0 spiro atoms. The molecule has 34 heavy (non-hydrogen) atoms. The Hall–Kier alpha value is -3.17. The Kier molecular flexibility index (Phi) is 7.64. The summed E-state index contributed by atoms with van der Waals surface area (Å²) in [7, 11) is 0. The maximum absolute atomic E-state index is 12.8. The van der Waals surface area contributed by atoms with Crippen LogP contribution in [0, 0.1) is 0 Å². The highest BCUT2D eigenvalue weighted by molar-refractivity contribution is 6.32. The molecule has 2 aromatic rings. The summed E-state index contributed by atoms with van der Waals surface area (Å²) in [6.07, 6.45) is 3.63. The molecule has 2 aliphatic heterocycles. The SMILES string of the molecule is C=CC(=O)N[C@@H]1CCN(c2nc(Nc3ccc(C(=O)N4CCN(CC)CC4)cc3)ncc2Cl)C1. The highest BCUT2D eigenvalue weighted by atomic mass is 35.5. The first-order chi connectivity index (χ1) is 16.5. The minimum atomic E-state index is -0.187. The monoisotopic (exact) mass is 483 g/mol. The lowest BCUT2D eigenvalue weighted by Gasteiger charge is -2.34. The Balaban J connectivity index is 1.38. The van der Waals surface area contributed by atoms with Crippen LogP contribution in [0.15, 0.2) is 43.1 Å². The Labute approximate surface area is 204 Å². The standard InChI is InChI=1S/C24H30ClN7O2/c1-3-21(33)27-19-9-10-32(16-19)22-20(25)15-26-24(29-22)28-18-7-5-17(6-8-18)23(34)31-13-11-30(4-2)12-14-31/h3,5-8,15,19H,1,4,9-14,16H2,2H3,(H,27,33)(H,26,28,29)/t19-/m1/s1. The second-order valence-electron chi connectivity index (χ2n) is 8.44. The number of halogens is 1. The zero-order valence-electron chi connectivity index (χ0n) is 19.3. The van der Waals surface area contributed by atoms with Gasteiger partial charge in [-0.15, -0.1) is 0 Å². The van der Waals surface area contributed by atoms with Crippen LogP contribution in [0.5, 0.6) is 0 Å². The van der Waals surface area contributed by atoms with E-state index in [9.17, 15) is 9.59 Å². The van der Waals surface area contributed by atoms with E-state index < -0.39 is 0 Å². The second kappa shape index (κ2) is 10.8. The molecule has 3 heterocycles. The van der Waals surface area contributed by atoms with Crippen LogP contribution in [-0.4, -0.2) is 83.4 Å². The summed E-state index contributed by atoms with van der Waals surface area (Å²) < 4.78 is 0. The van der Waals surface area contributed by atoms with Crippen LogP contribution < -0.4 is 15.5 Å². The van der Waals surface area contributed by atoms with Crippen molar-refractivity contribution in [3.05, 3.63) is 53.7 Å². The van der Waals surface area contributed by atoms with Crippen molar-refractivity contribution in [1.82, 2.24) is 25.1 Å². The Morgan fingerprint density at radius 3 is 2.59 bits per heavy atom. The fourth-order valence-corrected chi connectivity index (χ4v) is 4.46. The molecule has 2 fully saturated rings. The number of anilines is 3. The number of nitrogens with one attached hydrogen (secondary N) is 2. The van der Waals surface area contributed by atoms with Crippen molar-refractivity contribution in [3.8, 4) is 0 Å². The van der Waals surface area contributed by atoms with Gasteiger partial charge < -0.3 is 25.3 Å². The van der Waals surface area contributed by atoms with Gasteiger partial charge in [0.1, 0.15) is 5.02 Å². The molecule has 9 nitrogen and oxygen atoms in total. The first-order valence-corrected chi connectivity index (χ1v) is 11.9. The third kappa shape index (κ3) is 5.66. The topological polar surface area (TPSA) is 93.7 Å². The van der Waals surface area contributed by atoms with Crippen LogP contribution in [-0.2, 0) is 4.79 Å². The van der Waals surface area contributed by atoms with Gasteiger partial charge in [0.15, 0.2) is 5.82 Å². The Bertz CT molecular complexity index is 1040. The molecule has 10 heteroatoms. The molecular weight excluding hydrogens is 454 g/mol. The maximum atomic E-state index is 12.8. The van der Waals surface area contributed by atoms with Gasteiger partial charge in [-0.25, -0.2) is 4.98 Å². The largest absolute Gasteiger partial charge is 0.353 e. The summed E-state index contributed by atoms with van der Waals surface area (Å²) in [4.78, 5) is 39.6. The molecule has 0 unspecified atom stereocenters. The van der Waals surface area contributed by atoms with Crippen molar-refractivity contribution in [1.29, 1.82) is 0 Å². The molecule has 2 amide bonds. The van der Waals surface area contributed by atoms with E-state index >= 15 is 0 Å². The van der Waals surface area contributed by atoms with Crippen molar-refractivity contribution < 1.29 is 9.59 Å². The second-order valence-corrected chi connectivity index (χ2v) is 8.85. The van der Waals surface area contributed by atoms with E-state index in [4.69, 9.17) is 11.6 Å². The van der Waals surface area contributed by atoms with Crippen LogP contribution in [0.2, 0.25) is 5.02 Å². The van der Waals surface area contributed by atoms with Crippen molar-refractivity contribution in [2.24, 2.45) is 0 Å². The summed E-state index contributed by atoms with van der Waals surface area (Å²) in [5.41, 5.74) is 1.44. The number of aromatic nitrogens is 2. The van der Waals surface area contributed by atoms with E-state index in [1.54, 1.807) is 6.20 Å². The summed E-state index contributed by atoms with van der Waals surface area (Å²) in [5, 5.41) is 6.55. The number of hydrogen-bond donors (Lipinski definition) is 2. The summed E-state index contributed by atoms with van der Waals surface area (Å²) >= 11 is 6.36. The number of nitrogens with zero attached hydrogens (tertiary/aromatic N) is 5. The molecule has 2 aliphatic rings. The van der Waals surface area contributed by atoms with E-state index in [2.05, 4.69) is 39.0 Å². The fraction of sp³-hybridized carbons (Fsp3) is 0.417. The molecule has 0 saturated carbocycles. The quantitative estimate of drug-likeness (QED) is 0.584. The maximum Gasteiger partial charge on any atom is 0.253 e. The van der Waals surface area contributed by atoms with Gasteiger partial charge in [-0.2, -0.15) is 4.98 Å². The molecule has 0 aliphatic carbocycles. The first-order valence-electron chi connectivity index (χ1n) is 11.6. The molecule has 1 aromatic heterocycles. The van der Waals surface area contributed by atoms with E-state index in [1.165, 1.54) is 6.08 Å². The average molecular weight is 484 g/mol. The van der Waals surface area contributed by atoms with Gasteiger partial charge in [0.05, 0.1) is 6.20 Å². The van der Waals surface area contributed by atoms with Gasteiger partial charge in [-0.05, 0) is 43.3 Å². The number of carbonyl (C=O) groups is 2. The Morgan fingerprint density at radius 2 is 1.91 bits per heavy atom. The van der Waals surface area contributed by atoms with Crippen LogP contribution >= 0.6 is 11.6 Å². The van der Waals surface area contributed by atoms with E-state index in [-0.39, 0.29) is 17.9 Å². The third-order valence-corrected chi connectivity index (χ3v) is 6.51. The lowest BCUT2D eigenvalue weighted by molar-refractivity contribution is -0.117. The molecule has 4 rings (SSSR count). The number of piperazine rings is 1. The number of rotatable bonds is 7. The molecule has 2 saturated heterocycles. The van der Waals surface area contributed by atoms with E-state index in [0.29, 0.717) is 28.9 Å². The zero-order chi connectivity index (χ0) is 24.1. The van der Waals surface area contributed by atoms with Gasteiger partial charge in [-0.3, -0.25) is 9.59 Å². The van der Waals surface area contributed by atoms with Gasteiger partial charge in [0.2, 0.25) is 11.9 Å². The van der Waals surface area contributed by atoms with E-state index in [0.717, 1.165) is 51.4 Å². The summed E-state index contributed by atoms with van der Waals surface area (Å²) in [5.74, 6) is 0.896. The highest BCUT2D eigenvalue weighted by Crippen LogP contribution is 2.28. The third-order valence-electron chi connectivity index (χ3n) is 6.24. The van der Waals surface area contributed by atoms with Gasteiger partial charge in [-0.1, -0.05) is 25.1 Å². The summed E-state index contributed by atoms with van der Waals surface area (Å²) in [6, 6.07) is 7.36. The minimum absolute atomic E-state index is 0.0166. The molecule has 1 aromatic carbocycles. The van der Waals surface area contributed by atoms with Crippen molar-refractivity contribution in [2.45, 2.75) is 19.4 Å². The Morgan fingerprint density at radius 1 is 1.18 bits per heavy atom. The summed E-state index contributed by atoms with van der Waals surface area (Å²) in [6.45, 7) is 11.3. The van der Waals surface area contributed by atoms with Crippen LogP contribution in [0.25, 0.3) is 0 Å². The zero-order valence-corrected chi connectivity index (χ0v) is 20.1. The predicted molar refractivity (Wildman–Crippen MR) is 134 cm³/mol. The lowest BCUT2D eigenvalue weighted by Crippen LogP contribution is -2.48. The van der Waals surface area contributed by atoms with Crippen molar-refractivity contribution in [2.75, 3.05) is 56.0 Å². The minimum Gasteiger partial charge on any atom is -0.353 e. The van der Waals surface area contributed by atoms with Gasteiger partial charge in [0.25, 0.3) is 5.91 Å². The van der Waals surface area contributed by atoms with Crippen molar-refractivity contribution in [3.63, 3.8) is 0 Å². The number of benzene rings is 1. The number of amides is 2. The van der Waals surface area contributed by atoms with Crippen LogP contribution in [0.3, 0.4) is 0 Å². The van der Waals surface area contributed by atoms with E-state index in [1.807, 2.05) is 34.1 Å². The highest BCUT2D eigenvalue weighted by Gasteiger charge is 2.26. The molecule has 0 radical (unpaired) electrons. The molecule has 1 atom stereocenters. The van der Waals surface area contributed by atoms with Gasteiger partial charge in [0, 0.05) is 56.6 Å². The number of likely N-dealkylation sites (N-methyl/N-ethyl adjacent to an activating group) is 1. The fourth-order valence-electron chi connectivity index (χ4n) is 4.25.